The molecule has 2 aromatic carbocycles. The summed E-state index contributed by atoms with van der Waals surface area (Å²) >= 11 is 0. The number of nitrogens with one attached hydrogen (secondary N) is 1. The zero-order valence-electron chi connectivity index (χ0n) is 21.2. The second-order valence-electron chi connectivity index (χ2n) is 8.56. The highest BCUT2D eigenvalue weighted by atomic mass is 19.1. The van der Waals surface area contributed by atoms with Gasteiger partial charge in [-0.2, -0.15) is 0 Å². The molecule has 1 aliphatic heterocycles. The normalized spacial score (nSPS) is 14.2. The Kier molecular flexibility index (Phi) is 4.90. The Balaban J connectivity index is 1.51. The summed E-state index contributed by atoms with van der Waals surface area (Å²) in [4.78, 5) is 10.9. The van der Waals surface area contributed by atoms with Crippen LogP contribution in [-0.2, 0) is 19.5 Å². The lowest BCUT2D eigenvalue weighted by Crippen LogP contribution is -2.11. The molecule has 0 spiro atoms. The first-order valence-electron chi connectivity index (χ1n) is 12.0. The van der Waals surface area contributed by atoms with Gasteiger partial charge in [-0.3, -0.25) is 4.40 Å². The van der Waals surface area contributed by atoms with E-state index in [0.717, 1.165) is 39.3 Å². The number of benzene rings is 2. The number of imidazole rings is 1. The largest absolute Gasteiger partial charge is 0.493 e. The van der Waals surface area contributed by atoms with Crippen molar-refractivity contribution in [1.29, 1.82) is 0 Å². The van der Waals surface area contributed by atoms with Crippen LogP contribution in [0, 0.1) is 19.7 Å². The molecule has 170 valence electrons. The van der Waals surface area contributed by atoms with Gasteiger partial charge in [0.15, 0.2) is 0 Å². The van der Waals surface area contributed by atoms with E-state index in [1.165, 1.54) is 6.07 Å². The number of aryl methyl sites for hydroxylation is 2. The van der Waals surface area contributed by atoms with Gasteiger partial charge in [-0.25, -0.2) is 14.4 Å². The lowest BCUT2D eigenvalue weighted by atomic mass is 10.00. The second-order valence-corrected chi connectivity index (χ2v) is 8.56. The number of fused-ring (bicyclic) bond motifs is 2. The van der Waals surface area contributed by atoms with Gasteiger partial charge in [0, 0.05) is 51.3 Å². The van der Waals surface area contributed by atoms with Crippen molar-refractivity contribution in [3.8, 4) is 16.9 Å². The Morgan fingerprint density at radius 1 is 1.21 bits per heavy atom. The lowest BCUT2D eigenvalue weighted by molar-refractivity contribution is 0.356. The summed E-state index contributed by atoms with van der Waals surface area (Å²) in [5.74, 6) is 1.05. The Morgan fingerprint density at radius 2 is 2.06 bits per heavy atom. The molecule has 0 saturated carbocycles. The molecule has 0 bridgehead atoms. The molecule has 0 radical (unpaired) electrons. The van der Waals surface area contributed by atoms with E-state index in [-0.39, 0.29) is 12.4 Å². The third-order valence-electron chi connectivity index (χ3n) is 5.84. The van der Waals surface area contributed by atoms with Gasteiger partial charge >= 0.3 is 0 Å². The fourth-order valence-corrected chi connectivity index (χ4v) is 4.38. The van der Waals surface area contributed by atoms with E-state index in [2.05, 4.69) is 10.3 Å². The number of aromatic nitrogens is 3. The maximum Gasteiger partial charge on any atom is 0.208 e. The minimum Gasteiger partial charge on any atom is -0.493 e. The number of rotatable bonds is 6. The first kappa shape index (κ1) is 19.1. The Bertz CT molecular complexity index is 1430. The van der Waals surface area contributed by atoms with Gasteiger partial charge < -0.3 is 15.0 Å². The van der Waals surface area contributed by atoms with Crippen molar-refractivity contribution >= 4 is 11.6 Å². The molecular formula is C26H28FN5O. The van der Waals surface area contributed by atoms with Crippen LogP contribution < -0.4 is 10.1 Å². The van der Waals surface area contributed by atoms with Crippen LogP contribution in [0.15, 0.2) is 42.7 Å². The topological polar surface area (TPSA) is 54.7 Å². The van der Waals surface area contributed by atoms with Gasteiger partial charge in [0.25, 0.3) is 0 Å². The molecule has 0 aliphatic carbocycles. The third-order valence-corrected chi connectivity index (χ3v) is 5.84. The van der Waals surface area contributed by atoms with Crippen molar-refractivity contribution < 1.29 is 11.9 Å². The predicted molar refractivity (Wildman–Crippen MR) is 128 cm³/mol. The van der Waals surface area contributed by atoms with Crippen LogP contribution in [0.3, 0.4) is 0 Å². The van der Waals surface area contributed by atoms with Crippen molar-refractivity contribution in [2.75, 3.05) is 26.0 Å². The van der Waals surface area contributed by atoms with Crippen LogP contribution in [0.1, 0.15) is 30.7 Å². The minimum absolute atomic E-state index is 0.260. The molecule has 2 aromatic heterocycles. The second kappa shape index (κ2) is 8.48. The number of anilines is 1. The zero-order valence-corrected chi connectivity index (χ0v) is 19.2. The Morgan fingerprint density at radius 3 is 2.85 bits per heavy atom. The van der Waals surface area contributed by atoms with Gasteiger partial charge in [-0.15, -0.1) is 0 Å². The molecule has 6 nitrogen and oxygen atoms in total. The van der Waals surface area contributed by atoms with E-state index < -0.39 is 6.50 Å². The molecule has 3 heterocycles. The van der Waals surface area contributed by atoms with Crippen molar-refractivity contribution in [1.82, 2.24) is 19.3 Å². The van der Waals surface area contributed by atoms with E-state index in [1.807, 2.05) is 42.6 Å². The van der Waals surface area contributed by atoms with Crippen molar-refractivity contribution in [2.24, 2.45) is 0 Å². The molecule has 1 aliphatic rings. The van der Waals surface area contributed by atoms with Crippen molar-refractivity contribution in [3.05, 3.63) is 76.5 Å². The quantitative estimate of drug-likeness (QED) is 0.462. The Labute approximate surface area is 195 Å². The summed E-state index contributed by atoms with van der Waals surface area (Å²) in [5, 5.41) is 3.28. The first-order valence-corrected chi connectivity index (χ1v) is 11.0. The molecule has 7 heteroatoms. The number of halogens is 1. The standard InChI is InChI=1S/C26H28FN5O/c1-16-11-18(15-31(3)4)5-6-19(16)22-13-29-26(32-14-17(2)30-25(22)32)28-12-21-20-9-10-33-24(20)8-7-23(21)27/h5-8,11,13-14H,9-10,12,15H2,1-4H3,(H,28,29)/i15D2. The SMILES string of the molecule is [2H]C([2H])(c1ccc(-c2cnc(NCc3c(F)ccc4c3CCO4)n3cc(C)nc23)c(C)c1)N(C)C. The van der Waals surface area contributed by atoms with Gasteiger partial charge in [-0.05, 0) is 56.8 Å². The summed E-state index contributed by atoms with van der Waals surface area (Å²) in [7, 11) is 3.44. The Hall–Kier alpha value is -3.45. The smallest absolute Gasteiger partial charge is 0.208 e. The van der Waals surface area contributed by atoms with Crippen LogP contribution in [-0.4, -0.2) is 40.0 Å². The maximum atomic E-state index is 14.6. The van der Waals surface area contributed by atoms with Crippen LogP contribution in [0.25, 0.3) is 16.8 Å². The van der Waals surface area contributed by atoms with E-state index >= 15 is 0 Å². The van der Waals surface area contributed by atoms with Gasteiger partial charge in [0.1, 0.15) is 17.2 Å². The number of hydrogen-bond donors (Lipinski definition) is 1. The highest BCUT2D eigenvalue weighted by molar-refractivity contribution is 5.80. The molecule has 5 rings (SSSR count). The van der Waals surface area contributed by atoms with Crippen molar-refractivity contribution in [2.45, 2.75) is 33.3 Å². The molecule has 0 amide bonds. The average Bonchev–Trinajstić information content (AvgIpc) is 3.44. The summed E-state index contributed by atoms with van der Waals surface area (Å²) in [6, 6.07) is 8.72. The molecule has 4 aromatic rings. The highest BCUT2D eigenvalue weighted by Gasteiger charge is 2.20. The first-order chi connectivity index (χ1) is 16.7. The summed E-state index contributed by atoms with van der Waals surface area (Å²) in [5.41, 5.74) is 6.36. The molecule has 1 N–H and O–H groups in total. The van der Waals surface area contributed by atoms with E-state index in [4.69, 9.17) is 12.5 Å². The van der Waals surface area contributed by atoms with Gasteiger partial charge in [0.2, 0.25) is 5.95 Å². The fourth-order valence-electron chi connectivity index (χ4n) is 4.38. The van der Waals surface area contributed by atoms with Crippen LogP contribution >= 0.6 is 0 Å². The summed E-state index contributed by atoms with van der Waals surface area (Å²) in [6.45, 7) is 3.15. The maximum absolute atomic E-state index is 14.6. The van der Waals surface area contributed by atoms with E-state index in [1.54, 1.807) is 31.3 Å². The van der Waals surface area contributed by atoms with E-state index in [9.17, 15) is 4.39 Å². The lowest BCUT2D eigenvalue weighted by Gasteiger charge is -2.15. The fraction of sp³-hybridized carbons (Fsp3) is 0.308. The molecule has 0 atom stereocenters. The van der Waals surface area contributed by atoms with Crippen LogP contribution in [0.2, 0.25) is 0 Å². The molecule has 0 fully saturated rings. The monoisotopic (exact) mass is 447 g/mol. The summed E-state index contributed by atoms with van der Waals surface area (Å²) < 4.78 is 38.8. The number of ether oxygens (including phenoxy) is 1. The molecule has 0 unspecified atom stereocenters. The number of nitrogens with zero attached hydrogens (tertiary/aromatic N) is 4. The van der Waals surface area contributed by atoms with Crippen LogP contribution in [0.4, 0.5) is 10.3 Å². The van der Waals surface area contributed by atoms with Crippen LogP contribution in [0.5, 0.6) is 5.75 Å². The number of hydrogen-bond acceptors (Lipinski definition) is 5. The molecule has 33 heavy (non-hydrogen) atoms. The van der Waals surface area contributed by atoms with Gasteiger partial charge in [0.05, 0.1) is 12.3 Å². The highest BCUT2D eigenvalue weighted by Crippen LogP contribution is 2.32. The zero-order chi connectivity index (χ0) is 24.9. The average molecular weight is 448 g/mol. The predicted octanol–water partition coefficient (Wildman–Crippen LogP) is 4.76. The molecule has 0 saturated heterocycles. The summed E-state index contributed by atoms with van der Waals surface area (Å²) in [6.07, 6.45) is 4.36. The van der Waals surface area contributed by atoms with Crippen molar-refractivity contribution in [3.63, 3.8) is 0 Å². The van der Waals surface area contributed by atoms with E-state index in [0.29, 0.717) is 30.1 Å². The molecular weight excluding hydrogens is 417 g/mol. The minimum atomic E-state index is -1.58. The third kappa shape index (κ3) is 4.04. The van der Waals surface area contributed by atoms with Gasteiger partial charge in [-0.1, -0.05) is 18.2 Å².